The van der Waals surface area contributed by atoms with Crippen molar-refractivity contribution in [1.29, 1.82) is 0 Å². The zero-order valence-corrected chi connectivity index (χ0v) is 18.5. The first-order valence-electron chi connectivity index (χ1n) is 9.94. The molecule has 1 aromatic heterocycles. The third kappa shape index (κ3) is 5.22. The van der Waals surface area contributed by atoms with Crippen LogP contribution in [-0.4, -0.2) is 22.0 Å². The van der Waals surface area contributed by atoms with Gasteiger partial charge >= 0.3 is 5.97 Å². The first kappa shape index (κ1) is 21.7. The van der Waals surface area contributed by atoms with Gasteiger partial charge in [0.2, 0.25) is 0 Å². The average Bonchev–Trinajstić information content (AvgIpc) is 3.21. The number of para-hydroxylation sites is 1. The standard InChI is InChI=1S/C25H19ClN2O3S/c26-20-9-2-1-8-19(20)24(31)27-18-7-5-6-16(15-18)14-17(12-13-23(29)30)25-28-21-10-3-4-11-22(21)32-25/h1-11,14-15H,12-13H2,(H,27,31)(H,29,30)/b17-14-. The van der Waals surface area contributed by atoms with Crippen LogP contribution < -0.4 is 5.32 Å². The van der Waals surface area contributed by atoms with Gasteiger partial charge in [-0.1, -0.05) is 48.0 Å². The largest absolute Gasteiger partial charge is 0.481 e. The summed E-state index contributed by atoms with van der Waals surface area (Å²) >= 11 is 7.66. The molecule has 0 bridgehead atoms. The number of thiazole rings is 1. The summed E-state index contributed by atoms with van der Waals surface area (Å²) in [5, 5.41) is 13.2. The molecule has 0 atom stereocenters. The van der Waals surface area contributed by atoms with E-state index in [9.17, 15) is 14.7 Å². The number of aliphatic carboxylic acids is 1. The molecule has 3 aromatic carbocycles. The van der Waals surface area contributed by atoms with Crippen molar-refractivity contribution in [2.75, 3.05) is 5.32 Å². The van der Waals surface area contributed by atoms with Crippen LogP contribution in [0.25, 0.3) is 21.9 Å². The second-order valence-corrected chi connectivity index (χ2v) is 8.55. The van der Waals surface area contributed by atoms with Crippen molar-refractivity contribution in [3.8, 4) is 0 Å². The third-order valence-electron chi connectivity index (χ3n) is 4.78. The molecule has 0 saturated heterocycles. The zero-order valence-electron chi connectivity index (χ0n) is 16.9. The van der Waals surface area contributed by atoms with Crippen LogP contribution in [0.5, 0.6) is 0 Å². The van der Waals surface area contributed by atoms with Crippen molar-refractivity contribution < 1.29 is 14.7 Å². The number of carboxylic acid groups (broad SMARTS) is 1. The lowest BCUT2D eigenvalue weighted by Gasteiger charge is -2.08. The fraction of sp³-hybridized carbons (Fsp3) is 0.0800. The number of rotatable bonds is 7. The van der Waals surface area contributed by atoms with Crippen molar-refractivity contribution in [3.05, 3.63) is 94.0 Å². The normalized spacial score (nSPS) is 11.5. The smallest absolute Gasteiger partial charge is 0.303 e. The molecule has 0 fully saturated rings. The topological polar surface area (TPSA) is 79.3 Å². The lowest BCUT2D eigenvalue weighted by Crippen LogP contribution is -2.12. The molecule has 32 heavy (non-hydrogen) atoms. The number of hydrogen-bond donors (Lipinski definition) is 2. The Balaban J connectivity index is 1.63. The van der Waals surface area contributed by atoms with E-state index in [2.05, 4.69) is 10.3 Å². The molecule has 0 spiro atoms. The fourth-order valence-electron chi connectivity index (χ4n) is 3.24. The summed E-state index contributed by atoms with van der Waals surface area (Å²) < 4.78 is 1.05. The fourth-order valence-corrected chi connectivity index (χ4v) is 4.47. The number of nitrogens with one attached hydrogen (secondary N) is 1. The van der Waals surface area contributed by atoms with E-state index in [1.807, 2.05) is 48.5 Å². The van der Waals surface area contributed by atoms with Gasteiger partial charge in [-0.15, -0.1) is 11.3 Å². The minimum atomic E-state index is -0.863. The number of aromatic nitrogens is 1. The lowest BCUT2D eigenvalue weighted by molar-refractivity contribution is -0.136. The zero-order chi connectivity index (χ0) is 22.5. The SMILES string of the molecule is O=C(O)CC/C(=C/c1cccc(NC(=O)c2ccccc2Cl)c1)c1nc2ccccc2s1. The number of benzene rings is 3. The summed E-state index contributed by atoms with van der Waals surface area (Å²) in [7, 11) is 0. The van der Waals surface area contributed by atoms with Gasteiger partial charge in [-0.3, -0.25) is 9.59 Å². The van der Waals surface area contributed by atoms with E-state index in [0.717, 1.165) is 26.4 Å². The highest BCUT2D eigenvalue weighted by Crippen LogP contribution is 2.31. The monoisotopic (exact) mass is 462 g/mol. The van der Waals surface area contributed by atoms with Gasteiger partial charge in [0.05, 0.1) is 20.8 Å². The minimum absolute atomic E-state index is 0.00465. The van der Waals surface area contributed by atoms with Crippen LogP contribution in [0.4, 0.5) is 5.69 Å². The second kappa shape index (κ2) is 9.77. The number of hydrogen-bond acceptors (Lipinski definition) is 4. The van der Waals surface area contributed by atoms with E-state index in [-0.39, 0.29) is 12.3 Å². The first-order valence-corrected chi connectivity index (χ1v) is 11.1. The first-order chi connectivity index (χ1) is 15.5. The highest BCUT2D eigenvalue weighted by atomic mass is 35.5. The molecule has 1 heterocycles. The third-order valence-corrected chi connectivity index (χ3v) is 6.22. The summed E-state index contributed by atoms with van der Waals surface area (Å²) in [6.07, 6.45) is 2.28. The Morgan fingerprint density at radius 1 is 1.00 bits per heavy atom. The molecular weight excluding hydrogens is 444 g/mol. The molecule has 4 rings (SSSR count). The number of nitrogens with zero attached hydrogens (tertiary/aromatic N) is 1. The van der Waals surface area contributed by atoms with Gasteiger partial charge in [-0.2, -0.15) is 0 Å². The van der Waals surface area contributed by atoms with Gasteiger partial charge < -0.3 is 10.4 Å². The summed E-state index contributed by atoms with van der Waals surface area (Å²) in [6.45, 7) is 0. The molecule has 0 radical (unpaired) electrons. The van der Waals surface area contributed by atoms with E-state index in [1.54, 1.807) is 30.3 Å². The van der Waals surface area contributed by atoms with Crippen molar-refractivity contribution in [2.45, 2.75) is 12.8 Å². The van der Waals surface area contributed by atoms with Gasteiger partial charge in [-0.25, -0.2) is 4.98 Å². The molecule has 0 aliphatic rings. The maximum atomic E-state index is 12.6. The van der Waals surface area contributed by atoms with E-state index in [1.165, 1.54) is 11.3 Å². The van der Waals surface area contributed by atoms with Crippen molar-refractivity contribution in [1.82, 2.24) is 4.98 Å². The Kier molecular flexibility index (Phi) is 6.63. The maximum absolute atomic E-state index is 12.6. The quantitative estimate of drug-likeness (QED) is 0.324. The summed E-state index contributed by atoms with van der Waals surface area (Å²) in [4.78, 5) is 28.5. The van der Waals surface area contributed by atoms with Gasteiger partial charge in [0.1, 0.15) is 5.01 Å². The van der Waals surface area contributed by atoms with Crippen LogP contribution in [0, 0.1) is 0 Å². The Morgan fingerprint density at radius 2 is 1.78 bits per heavy atom. The van der Waals surface area contributed by atoms with Gasteiger partial charge in [-0.05, 0) is 60.0 Å². The predicted octanol–water partition coefficient (Wildman–Crippen LogP) is 6.61. The van der Waals surface area contributed by atoms with Gasteiger partial charge in [0.25, 0.3) is 5.91 Å². The van der Waals surface area contributed by atoms with Crippen LogP contribution in [0.1, 0.15) is 33.8 Å². The van der Waals surface area contributed by atoms with Crippen LogP contribution >= 0.6 is 22.9 Å². The maximum Gasteiger partial charge on any atom is 0.303 e. The molecule has 1 amide bonds. The lowest BCUT2D eigenvalue weighted by atomic mass is 10.1. The molecule has 5 nitrogen and oxygen atoms in total. The number of carbonyl (C=O) groups is 2. The van der Waals surface area contributed by atoms with E-state index in [4.69, 9.17) is 11.6 Å². The molecular formula is C25H19ClN2O3S. The molecule has 0 saturated carbocycles. The molecule has 4 aromatic rings. The molecule has 7 heteroatoms. The average molecular weight is 463 g/mol. The van der Waals surface area contributed by atoms with Crippen LogP contribution in [0.15, 0.2) is 72.8 Å². The molecule has 0 unspecified atom stereocenters. The van der Waals surface area contributed by atoms with Gasteiger partial charge in [0.15, 0.2) is 0 Å². The van der Waals surface area contributed by atoms with E-state index >= 15 is 0 Å². The number of amides is 1. The van der Waals surface area contributed by atoms with Crippen LogP contribution in [0.3, 0.4) is 0 Å². The Labute approximate surface area is 194 Å². The Bertz CT molecular complexity index is 1300. The van der Waals surface area contributed by atoms with Crippen molar-refractivity contribution >= 4 is 62.4 Å². The minimum Gasteiger partial charge on any atom is -0.481 e. The highest BCUT2D eigenvalue weighted by molar-refractivity contribution is 7.19. The summed E-state index contributed by atoms with van der Waals surface area (Å²) in [5.74, 6) is -1.16. The van der Waals surface area contributed by atoms with E-state index < -0.39 is 5.97 Å². The van der Waals surface area contributed by atoms with Gasteiger partial charge in [0, 0.05) is 12.1 Å². The molecule has 0 aliphatic carbocycles. The summed E-state index contributed by atoms with van der Waals surface area (Å²) in [5.41, 5.74) is 3.57. The summed E-state index contributed by atoms with van der Waals surface area (Å²) in [6, 6.07) is 22.0. The number of anilines is 1. The highest BCUT2D eigenvalue weighted by Gasteiger charge is 2.12. The molecule has 0 aliphatic heterocycles. The second-order valence-electron chi connectivity index (χ2n) is 7.11. The Hall–Kier alpha value is -3.48. The van der Waals surface area contributed by atoms with E-state index in [0.29, 0.717) is 22.7 Å². The number of carbonyl (C=O) groups excluding carboxylic acids is 1. The predicted molar refractivity (Wildman–Crippen MR) is 130 cm³/mol. The number of carboxylic acids is 1. The Morgan fingerprint density at radius 3 is 2.56 bits per heavy atom. The van der Waals surface area contributed by atoms with Crippen LogP contribution in [-0.2, 0) is 4.79 Å². The number of fused-ring (bicyclic) bond motifs is 1. The molecule has 2 N–H and O–H groups in total. The number of allylic oxidation sites excluding steroid dienone is 1. The van der Waals surface area contributed by atoms with Crippen molar-refractivity contribution in [2.24, 2.45) is 0 Å². The van der Waals surface area contributed by atoms with Crippen LogP contribution in [0.2, 0.25) is 5.02 Å². The number of halogens is 1. The molecule has 160 valence electrons. The van der Waals surface area contributed by atoms with Crippen molar-refractivity contribution in [3.63, 3.8) is 0 Å².